The van der Waals surface area contributed by atoms with Crippen LogP contribution in [0.5, 0.6) is 0 Å². The molecule has 2 amide bonds. The molecule has 0 radical (unpaired) electrons. The van der Waals surface area contributed by atoms with E-state index in [1.807, 2.05) is 6.07 Å². The number of nitriles is 1. The van der Waals surface area contributed by atoms with E-state index in [2.05, 4.69) is 12.6 Å². The normalized spacial score (nSPS) is 21.5. The number of carbonyl (C=O) groups is 2. The summed E-state index contributed by atoms with van der Waals surface area (Å²) in [4.78, 5) is 29.6. The van der Waals surface area contributed by atoms with Gasteiger partial charge in [-0.1, -0.05) is 36.9 Å². The number of hydrogen-bond acceptors (Lipinski definition) is 3. The lowest BCUT2D eigenvalue weighted by atomic mass is 9.84. The number of carbonyl (C=O) groups excluding carboxylic acids is 2. The molecule has 3 rings (SSSR count). The Bertz CT molecular complexity index is 1040. The highest BCUT2D eigenvalue weighted by molar-refractivity contribution is 5.99. The molecule has 0 spiro atoms. The Balaban J connectivity index is 1.93. The zero-order valence-electron chi connectivity index (χ0n) is 17.4. The maximum atomic E-state index is 13.4. The molecule has 1 aliphatic rings. The highest BCUT2D eigenvalue weighted by Gasteiger charge is 2.50. The third-order valence-electron chi connectivity index (χ3n) is 6.02. The summed E-state index contributed by atoms with van der Waals surface area (Å²) in [7, 11) is 3.23. The van der Waals surface area contributed by atoms with Gasteiger partial charge in [-0.15, -0.1) is 0 Å². The van der Waals surface area contributed by atoms with E-state index in [0.29, 0.717) is 11.1 Å². The van der Waals surface area contributed by atoms with Gasteiger partial charge in [-0.05, 0) is 41.8 Å². The number of benzene rings is 2. The fraction of sp³-hybridized carbons (Fsp3) is 0.292. The Kier molecular flexibility index (Phi) is 5.75. The highest BCUT2D eigenvalue weighted by atomic mass is 19.1. The average Bonchev–Trinajstić information content (AvgIpc) is 2.75. The molecule has 0 aliphatic carbocycles. The molecule has 2 aromatic carbocycles. The van der Waals surface area contributed by atoms with Crippen molar-refractivity contribution in [2.45, 2.75) is 31.3 Å². The van der Waals surface area contributed by atoms with Gasteiger partial charge < -0.3 is 9.80 Å². The number of halogens is 1. The van der Waals surface area contributed by atoms with Crippen molar-refractivity contribution in [1.82, 2.24) is 9.80 Å². The Morgan fingerprint density at radius 2 is 1.87 bits per heavy atom. The summed E-state index contributed by atoms with van der Waals surface area (Å²) in [6.45, 7) is 5.52. The highest BCUT2D eigenvalue weighted by Crippen LogP contribution is 2.31. The van der Waals surface area contributed by atoms with Crippen LogP contribution in [-0.4, -0.2) is 47.3 Å². The van der Waals surface area contributed by atoms with Crippen molar-refractivity contribution >= 4 is 17.9 Å². The number of piperazine rings is 1. The maximum absolute atomic E-state index is 13.4. The molecule has 1 heterocycles. The second-order valence-electron chi connectivity index (χ2n) is 7.80. The Morgan fingerprint density at radius 3 is 2.47 bits per heavy atom. The van der Waals surface area contributed by atoms with E-state index in [1.165, 1.54) is 21.9 Å². The Morgan fingerprint density at radius 1 is 1.20 bits per heavy atom. The maximum Gasteiger partial charge on any atom is 0.249 e. The van der Waals surface area contributed by atoms with E-state index in [1.54, 1.807) is 51.4 Å². The van der Waals surface area contributed by atoms with Crippen LogP contribution >= 0.6 is 0 Å². The first-order valence-corrected chi connectivity index (χ1v) is 9.66. The number of hydrogen-bond donors (Lipinski definition) is 0. The predicted octanol–water partition coefficient (Wildman–Crippen LogP) is 3.18. The van der Waals surface area contributed by atoms with Crippen LogP contribution in [0.2, 0.25) is 0 Å². The molecule has 1 aliphatic heterocycles. The van der Waals surface area contributed by atoms with Crippen molar-refractivity contribution in [3.05, 3.63) is 77.1 Å². The van der Waals surface area contributed by atoms with Gasteiger partial charge in [0.1, 0.15) is 17.4 Å². The van der Waals surface area contributed by atoms with Gasteiger partial charge in [-0.2, -0.15) is 5.26 Å². The van der Waals surface area contributed by atoms with Crippen LogP contribution in [0.4, 0.5) is 4.39 Å². The van der Waals surface area contributed by atoms with Gasteiger partial charge in [0.15, 0.2) is 0 Å². The molecular formula is C24H24FN3O2. The molecule has 154 valence electrons. The molecule has 2 atom stereocenters. The van der Waals surface area contributed by atoms with Crippen molar-refractivity contribution in [3.8, 4) is 6.07 Å². The SMILES string of the molecule is C=Cc1cccc(C#N)c1CC1C(=O)N(C)C(C)(Cc2ccc(F)cc2)C(=O)N1C. The van der Waals surface area contributed by atoms with Crippen molar-refractivity contribution < 1.29 is 14.0 Å². The molecular weight excluding hydrogens is 381 g/mol. The van der Waals surface area contributed by atoms with Crippen LogP contribution in [-0.2, 0) is 22.4 Å². The first-order chi connectivity index (χ1) is 14.2. The fourth-order valence-electron chi connectivity index (χ4n) is 4.04. The van der Waals surface area contributed by atoms with Gasteiger partial charge in [-0.25, -0.2) is 4.39 Å². The van der Waals surface area contributed by atoms with E-state index in [4.69, 9.17) is 0 Å². The molecule has 2 unspecified atom stereocenters. The zero-order chi connectivity index (χ0) is 22.1. The van der Waals surface area contributed by atoms with Crippen LogP contribution in [0.15, 0.2) is 49.0 Å². The summed E-state index contributed by atoms with van der Waals surface area (Å²) in [5.41, 5.74) is 1.61. The molecule has 0 bridgehead atoms. The van der Waals surface area contributed by atoms with Crippen molar-refractivity contribution in [2.24, 2.45) is 0 Å². The van der Waals surface area contributed by atoms with E-state index >= 15 is 0 Å². The van der Waals surface area contributed by atoms with Crippen LogP contribution in [0.3, 0.4) is 0 Å². The number of rotatable bonds is 5. The summed E-state index contributed by atoms with van der Waals surface area (Å²) in [5, 5.41) is 9.48. The third kappa shape index (κ3) is 3.59. The monoisotopic (exact) mass is 405 g/mol. The standard InChI is InChI=1S/C24H24FN3O2/c1-5-17-7-6-8-18(15-26)20(17)13-21-22(29)28(4)24(2,23(30)27(21)3)14-16-9-11-19(25)12-10-16/h5-12,21H,1,13-14H2,2-4H3. The smallest absolute Gasteiger partial charge is 0.249 e. The number of amides is 2. The van der Waals surface area contributed by atoms with Crippen molar-refractivity contribution in [3.63, 3.8) is 0 Å². The fourth-order valence-corrected chi connectivity index (χ4v) is 4.04. The molecule has 0 N–H and O–H groups in total. The Labute approximate surface area is 176 Å². The summed E-state index contributed by atoms with van der Waals surface area (Å²) in [6, 6.07) is 12.7. The molecule has 30 heavy (non-hydrogen) atoms. The van der Waals surface area contributed by atoms with E-state index in [0.717, 1.165) is 11.1 Å². The van der Waals surface area contributed by atoms with E-state index in [9.17, 15) is 19.2 Å². The lowest BCUT2D eigenvalue weighted by Gasteiger charge is -2.48. The van der Waals surface area contributed by atoms with Gasteiger partial charge in [-0.3, -0.25) is 9.59 Å². The van der Waals surface area contributed by atoms with E-state index < -0.39 is 11.6 Å². The first kappa shape index (κ1) is 21.3. The van der Waals surface area contributed by atoms with Gasteiger partial charge >= 0.3 is 0 Å². The van der Waals surface area contributed by atoms with Crippen LogP contribution in [0.25, 0.3) is 6.08 Å². The second-order valence-corrected chi connectivity index (χ2v) is 7.80. The minimum atomic E-state index is -1.09. The molecule has 1 saturated heterocycles. The largest absolute Gasteiger partial charge is 0.331 e. The minimum Gasteiger partial charge on any atom is -0.331 e. The average molecular weight is 405 g/mol. The third-order valence-corrected chi connectivity index (χ3v) is 6.02. The van der Waals surface area contributed by atoms with Gasteiger partial charge in [0.25, 0.3) is 0 Å². The lowest BCUT2D eigenvalue weighted by Crippen LogP contribution is -2.69. The van der Waals surface area contributed by atoms with Crippen LogP contribution in [0.1, 0.15) is 29.2 Å². The van der Waals surface area contributed by atoms with Crippen LogP contribution < -0.4 is 0 Å². The summed E-state index contributed by atoms with van der Waals surface area (Å²) in [5.74, 6) is -0.757. The predicted molar refractivity (Wildman–Crippen MR) is 113 cm³/mol. The molecule has 0 saturated carbocycles. The second kappa shape index (κ2) is 8.11. The topological polar surface area (TPSA) is 64.4 Å². The molecule has 0 aromatic heterocycles. The number of nitrogens with zero attached hydrogens (tertiary/aromatic N) is 3. The zero-order valence-corrected chi connectivity index (χ0v) is 17.4. The quantitative estimate of drug-likeness (QED) is 0.768. The van der Waals surface area contributed by atoms with Crippen LogP contribution in [0, 0.1) is 17.1 Å². The molecule has 1 fully saturated rings. The molecule has 2 aromatic rings. The summed E-state index contributed by atoms with van der Waals surface area (Å²) >= 11 is 0. The summed E-state index contributed by atoms with van der Waals surface area (Å²) < 4.78 is 13.3. The van der Waals surface area contributed by atoms with Crippen molar-refractivity contribution in [2.75, 3.05) is 14.1 Å². The van der Waals surface area contributed by atoms with E-state index in [-0.39, 0.29) is 30.5 Å². The van der Waals surface area contributed by atoms with Crippen molar-refractivity contribution in [1.29, 1.82) is 5.26 Å². The van der Waals surface area contributed by atoms with Gasteiger partial charge in [0.05, 0.1) is 11.6 Å². The molecule has 6 heteroatoms. The van der Waals surface area contributed by atoms with Gasteiger partial charge in [0, 0.05) is 26.9 Å². The first-order valence-electron chi connectivity index (χ1n) is 9.66. The minimum absolute atomic E-state index is 0.200. The lowest BCUT2D eigenvalue weighted by molar-refractivity contribution is -0.166. The number of likely N-dealkylation sites (N-methyl/N-ethyl adjacent to an activating group) is 2. The summed E-state index contributed by atoms with van der Waals surface area (Å²) in [6.07, 6.45) is 2.15. The molecule has 5 nitrogen and oxygen atoms in total. The Hall–Kier alpha value is -3.46. The van der Waals surface area contributed by atoms with Gasteiger partial charge in [0.2, 0.25) is 11.8 Å².